The second-order valence-corrected chi connectivity index (χ2v) is 9.24. The molecule has 2 fully saturated rings. The van der Waals surface area contributed by atoms with Crippen LogP contribution in [0.2, 0.25) is 0 Å². The maximum absolute atomic E-state index is 11.8. The summed E-state index contributed by atoms with van der Waals surface area (Å²) < 4.78 is 17.1. The third-order valence-electron chi connectivity index (χ3n) is 6.79. The van der Waals surface area contributed by atoms with Crippen LogP contribution in [0, 0.1) is 0 Å². The van der Waals surface area contributed by atoms with E-state index < -0.39 is 68.3 Å². The van der Waals surface area contributed by atoms with Gasteiger partial charge in [-0.3, -0.25) is 4.79 Å². The molecule has 2 aromatic carbocycles. The summed E-state index contributed by atoms with van der Waals surface area (Å²) in [6.45, 7) is -0.984. The lowest BCUT2D eigenvalue weighted by atomic mass is 9.89. The normalized spacial score (nSPS) is 34.2. The lowest BCUT2D eigenvalue weighted by Crippen LogP contribution is -2.60. The van der Waals surface area contributed by atoms with E-state index in [1.165, 1.54) is 0 Å². The van der Waals surface area contributed by atoms with Gasteiger partial charge in [-0.25, -0.2) is 0 Å². The summed E-state index contributed by atoms with van der Waals surface area (Å²) in [5.41, 5.74) is 2.64. The second kappa shape index (κ2) is 11.9. The second-order valence-electron chi connectivity index (χ2n) is 9.24. The standard InChI is InChI=1S/C26H33NO10/c1-27-25(34)14-7-5-13(6-8-14)15-3-2-4-16(9-15)23-22(33)24(21(32)19(12-29)36-23)37-26-20(31)18(30)10-17(11-28)35-26/h2-9,17-24,26,28-33H,10-12H2,1H3,(H,27,34). The van der Waals surface area contributed by atoms with Crippen LogP contribution in [0.15, 0.2) is 48.5 Å². The molecule has 0 saturated carbocycles. The Labute approximate surface area is 213 Å². The van der Waals surface area contributed by atoms with Gasteiger partial charge in [0.2, 0.25) is 0 Å². The Bertz CT molecular complexity index is 1050. The van der Waals surface area contributed by atoms with Crippen molar-refractivity contribution >= 4 is 5.91 Å². The van der Waals surface area contributed by atoms with Crippen LogP contribution in [0.25, 0.3) is 11.1 Å². The van der Waals surface area contributed by atoms with Gasteiger partial charge in [-0.15, -0.1) is 0 Å². The molecule has 202 valence electrons. The number of ether oxygens (including phenoxy) is 3. The van der Waals surface area contributed by atoms with E-state index in [4.69, 9.17) is 14.2 Å². The number of rotatable bonds is 7. The number of aliphatic hydroxyl groups is 6. The minimum atomic E-state index is -1.47. The van der Waals surface area contributed by atoms with Crippen LogP contribution in [0.5, 0.6) is 0 Å². The molecule has 2 heterocycles. The summed E-state index contributed by atoms with van der Waals surface area (Å²) >= 11 is 0. The molecular formula is C26H33NO10. The third-order valence-corrected chi connectivity index (χ3v) is 6.79. The van der Waals surface area contributed by atoms with Gasteiger partial charge < -0.3 is 50.2 Å². The fourth-order valence-corrected chi connectivity index (χ4v) is 4.68. The molecule has 4 rings (SSSR count). The number of nitrogens with one attached hydrogen (secondary N) is 1. The molecule has 37 heavy (non-hydrogen) atoms. The van der Waals surface area contributed by atoms with Gasteiger partial charge in [0, 0.05) is 19.0 Å². The van der Waals surface area contributed by atoms with E-state index in [2.05, 4.69) is 5.32 Å². The molecule has 2 aromatic rings. The lowest BCUT2D eigenvalue weighted by molar-refractivity contribution is -0.327. The van der Waals surface area contributed by atoms with Crippen molar-refractivity contribution in [1.82, 2.24) is 5.32 Å². The smallest absolute Gasteiger partial charge is 0.251 e. The minimum absolute atomic E-state index is 0.00477. The van der Waals surface area contributed by atoms with E-state index in [-0.39, 0.29) is 12.3 Å². The Kier molecular flexibility index (Phi) is 8.90. The first-order valence-electron chi connectivity index (χ1n) is 12.1. The molecule has 9 unspecified atom stereocenters. The number of hydrogen-bond acceptors (Lipinski definition) is 10. The highest BCUT2D eigenvalue weighted by Gasteiger charge is 2.49. The molecule has 9 atom stereocenters. The van der Waals surface area contributed by atoms with E-state index in [1.807, 2.05) is 6.07 Å². The number of carbonyl (C=O) groups is 1. The highest BCUT2D eigenvalue weighted by Crippen LogP contribution is 2.37. The first kappa shape index (κ1) is 27.6. The van der Waals surface area contributed by atoms with Crippen molar-refractivity contribution in [2.24, 2.45) is 0 Å². The molecule has 0 bridgehead atoms. The Morgan fingerprint density at radius 3 is 2.32 bits per heavy atom. The zero-order valence-electron chi connectivity index (χ0n) is 20.3. The zero-order valence-corrected chi connectivity index (χ0v) is 20.3. The average Bonchev–Trinajstić information content (AvgIpc) is 2.93. The van der Waals surface area contributed by atoms with Gasteiger partial charge >= 0.3 is 0 Å². The summed E-state index contributed by atoms with van der Waals surface area (Å²) in [4.78, 5) is 11.8. The summed E-state index contributed by atoms with van der Waals surface area (Å²) in [5.74, 6) is -0.205. The van der Waals surface area contributed by atoms with E-state index in [0.717, 1.165) is 11.1 Å². The van der Waals surface area contributed by atoms with Gasteiger partial charge in [-0.2, -0.15) is 0 Å². The van der Waals surface area contributed by atoms with Crippen molar-refractivity contribution in [3.05, 3.63) is 59.7 Å². The number of aliphatic hydroxyl groups excluding tert-OH is 6. The van der Waals surface area contributed by atoms with Crippen molar-refractivity contribution in [3.8, 4) is 11.1 Å². The molecule has 0 radical (unpaired) electrons. The summed E-state index contributed by atoms with van der Waals surface area (Å²) in [6.07, 6.45) is -11.3. The maximum atomic E-state index is 11.8. The number of carbonyl (C=O) groups excluding carboxylic acids is 1. The van der Waals surface area contributed by atoms with E-state index in [9.17, 15) is 35.4 Å². The Morgan fingerprint density at radius 1 is 0.946 bits per heavy atom. The largest absolute Gasteiger partial charge is 0.394 e. The van der Waals surface area contributed by atoms with Gasteiger partial charge in [-0.1, -0.05) is 30.3 Å². The zero-order chi connectivity index (χ0) is 26.7. The van der Waals surface area contributed by atoms with Crippen molar-refractivity contribution in [1.29, 1.82) is 0 Å². The van der Waals surface area contributed by atoms with Crippen LogP contribution in [0.3, 0.4) is 0 Å². The fraction of sp³-hybridized carbons (Fsp3) is 0.500. The van der Waals surface area contributed by atoms with E-state index in [0.29, 0.717) is 11.1 Å². The van der Waals surface area contributed by atoms with Crippen molar-refractivity contribution in [2.75, 3.05) is 20.3 Å². The summed E-state index contributed by atoms with van der Waals surface area (Å²) in [5, 5.41) is 64.2. The van der Waals surface area contributed by atoms with Gasteiger partial charge in [0.1, 0.15) is 36.6 Å². The van der Waals surface area contributed by atoms with Crippen LogP contribution in [0.1, 0.15) is 28.4 Å². The highest BCUT2D eigenvalue weighted by atomic mass is 16.7. The van der Waals surface area contributed by atoms with Crippen LogP contribution in [-0.2, 0) is 14.2 Å². The monoisotopic (exact) mass is 519 g/mol. The van der Waals surface area contributed by atoms with Gasteiger partial charge in [0.05, 0.1) is 25.4 Å². The Morgan fingerprint density at radius 2 is 1.68 bits per heavy atom. The number of benzene rings is 2. The molecule has 0 aliphatic carbocycles. The average molecular weight is 520 g/mol. The van der Waals surface area contributed by atoms with Gasteiger partial charge in [0.15, 0.2) is 6.29 Å². The van der Waals surface area contributed by atoms with Crippen LogP contribution < -0.4 is 5.32 Å². The lowest BCUT2D eigenvalue weighted by Gasteiger charge is -2.45. The molecular weight excluding hydrogens is 486 g/mol. The first-order chi connectivity index (χ1) is 17.8. The SMILES string of the molecule is CNC(=O)c1ccc(-c2cccc(C3OC(CO)C(O)C(OC4OC(CO)CC(O)C4O)C3O)c2)cc1. The molecule has 11 heteroatoms. The predicted octanol–water partition coefficient (Wildman–Crippen LogP) is -0.918. The highest BCUT2D eigenvalue weighted by molar-refractivity contribution is 5.94. The Balaban J connectivity index is 1.58. The molecule has 2 aliphatic heterocycles. The van der Waals surface area contributed by atoms with Crippen LogP contribution in [0.4, 0.5) is 0 Å². The summed E-state index contributed by atoms with van der Waals surface area (Å²) in [6, 6.07) is 14.1. The summed E-state index contributed by atoms with van der Waals surface area (Å²) in [7, 11) is 1.55. The quantitative estimate of drug-likeness (QED) is 0.242. The maximum Gasteiger partial charge on any atom is 0.251 e. The fourth-order valence-electron chi connectivity index (χ4n) is 4.68. The molecule has 2 saturated heterocycles. The topological polar surface area (TPSA) is 178 Å². The predicted molar refractivity (Wildman–Crippen MR) is 129 cm³/mol. The van der Waals surface area contributed by atoms with Crippen molar-refractivity contribution < 1.29 is 49.6 Å². The third kappa shape index (κ3) is 5.85. The molecule has 1 amide bonds. The van der Waals surface area contributed by atoms with E-state index >= 15 is 0 Å². The van der Waals surface area contributed by atoms with Gasteiger partial charge in [-0.05, 0) is 34.9 Å². The Hall–Kier alpha value is -2.45. The van der Waals surface area contributed by atoms with Crippen LogP contribution in [-0.4, -0.2) is 106 Å². The number of hydrogen-bond donors (Lipinski definition) is 7. The van der Waals surface area contributed by atoms with Crippen molar-refractivity contribution in [2.45, 2.75) is 61.5 Å². The van der Waals surface area contributed by atoms with Crippen molar-refractivity contribution in [3.63, 3.8) is 0 Å². The minimum Gasteiger partial charge on any atom is -0.394 e. The molecule has 2 aliphatic rings. The molecule has 7 N–H and O–H groups in total. The van der Waals surface area contributed by atoms with Crippen LogP contribution >= 0.6 is 0 Å². The molecule has 0 aromatic heterocycles. The molecule has 0 spiro atoms. The van der Waals surface area contributed by atoms with Gasteiger partial charge in [0.25, 0.3) is 5.91 Å². The van der Waals surface area contributed by atoms with E-state index in [1.54, 1.807) is 49.5 Å². The molecule has 11 nitrogen and oxygen atoms in total. The number of amides is 1. The first-order valence-corrected chi connectivity index (χ1v) is 12.1.